The van der Waals surface area contributed by atoms with Crippen molar-refractivity contribution in [2.24, 2.45) is 0 Å². The second-order valence-corrected chi connectivity index (χ2v) is 10.0. The average molecular weight is 430 g/mol. The van der Waals surface area contributed by atoms with Crippen LogP contribution in [0.5, 0.6) is 0 Å². The van der Waals surface area contributed by atoms with E-state index in [0.717, 1.165) is 42.4 Å². The Morgan fingerprint density at radius 2 is 1.76 bits per heavy atom. The third kappa shape index (κ3) is 3.90. The summed E-state index contributed by atoms with van der Waals surface area (Å²) in [6, 6.07) is 11.5. The molecule has 1 N–H and O–H groups in total. The second-order valence-electron chi connectivity index (χ2n) is 6.96. The first-order valence-electron chi connectivity index (χ1n) is 9.20. The Kier molecular flexibility index (Phi) is 5.14. The van der Waals surface area contributed by atoms with Crippen molar-refractivity contribution in [3.63, 3.8) is 0 Å². The fourth-order valence-electron chi connectivity index (χ4n) is 3.43. The van der Waals surface area contributed by atoms with Gasteiger partial charge in [0.2, 0.25) is 14.9 Å². The van der Waals surface area contributed by atoms with Crippen LogP contribution in [0.2, 0.25) is 0 Å². The number of aryl methyl sites for hydroxylation is 1. The first-order valence-corrected chi connectivity index (χ1v) is 11.9. The number of carbonyl (C=O) groups excluding carboxylic acids is 2. The maximum absolute atomic E-state index is 13.2. The zero-order valence-electron chi connectivity index (χ0n) is 15.7. The van der Waals surface area contributed by atoms with Crippen LogP contribution in [0, 0.1) is 0 Å². The Morgan fingerprint density at radius 3 is 2.45 bits per heavy atom. The SMILES string of the molecule is CS(=O)(=O)c1ccc(C(=O)Nc2sc3c(c2C(=O)c2ccccc2)CCCC3)o1. The van der Waals surface area contributed by atoms with Gasteiger partial charge in [0, 0.05) is 16.7 Å². The number of hydrogen-bond donors (Lipinski definition) is 1. The van der Waals surface area contributed by atoms with Gasteiger partial charge < -0.3 is 9.73 Å². The molecule has 1 aliphatic carbocycles. The van der Waals surface area contributed by atoms with E-state index in [1.807, 2.05) is 6.07 Å². The molecular weight excluding hydrogens is 410 g/mol. The molecule has 150 valence electrons. The van der Waals surface area contributed by atoms with Crippen molar-refractivity contribution in [3.8, 4) is 0 Å². The number of furan rings is 1. The standard InChI is InChI=1S/C21H19NO5S2/c1-29(25,26)17-12-11-15(27-17)20(24)22-21-18(14-9-5-6-10-16(14)28-21)19(23)13-7-3-2-4-8-13/h2-4,7-8,11-12H,5-6,9-10H2,1H3,(H,22,24). The van der Waals surface area contributed by atoms with Gasteiger partial charge in [0.15, 0.2) is 11.5 Å². The third-order valence-electron chi connectivity index (χ3n) is 4.83. The van der Waals surface area contributed by atoms with Gasteiger partial charge in [-0.2, -0.15) is 0 Å². The van der Waals surface area contributed by atoms with Gasteiger partial charge in [-0.25, -0.2) is 8.42 Å². The Labute approximate surface area is 172 Å². The minimum atomic E-state index is -3.55. The molecule has 6 nitrogen and oxygen atoms in total. The van der Waals surface area contributed by atoms with Crippen LogP contribution >= 0.6 is 11.3 Å². The first-order chi connectivity index (χ1) is 13.8. The zero-order chi connectivity index (χ0) is 20.6. The summed E-state index contributed by atoms with van der Waals surface area (Å²) in [6.45, 7) is 0. The monoisotopic (exact) mass is 429 g/mol. The number of sulfone groups is 1. The largest absolute Gasteiger partial charge is 0.440 e. The molecule has 0 aliphatic heterocycles. The minimum Gasteiger partial charge on any atom is -0.440 e. The summed E-state index contributed by atoms with van der Waals surface area (Å²) in [5.41, 5.74) is 2.09. The second kappa shape index (κ2) is 7.61. The van der Waals surface area contributed by atoms with Gasteiger partial charge in [-0.3, -0.25) is 9.59 Å². The van der Waals surface area contributed by atoms with Crippen LogP contribution in [0.25, 0.3) is 0 Å². The fraction of sp³-hybridized carbons (Fsp3) is 0.238. The molecule has 1 amide bonds. The number of rotatable bonds is 5. The van der Waals surface area contributed by atoms with Gasteiger partial charge in [0.05, 0.1) is 5.56 Å². The number of anilines is 1. The van der Waals surface area contributed by atoms with Crippen LogP contribution in [0.4, 0.5) is 5.00 Å². The number of amides is 1. The molecular formula is C21H19NO5S2. The van der Waals surface area contributed by atoms with Gasteiger partial charge in [-0.15, -0.1) is 11.3 Å². The van der Waals surface area contributed by atoms with Crippen molar-refractivity contribution >= 4 is 37.9 Å². The molecule has 0 fully saturated rings. The molecule has 8 heteroatoms. The number of benzene rings is 1. The summed E-state index contributed by atoms with van der Waals surface area (Å²) in [5.74, 6) is -0.827. The van der Waals surface area contributed by atoms with E-state index >= 15 is 0 Å². The number of fused-ring (bicyclic) bond motifs is 1. The molecule has 0 bridgehead atoms. The number of carbonyl (C=O) groups is 2. The molecule has 0 saturated carbocycles. The Balaban J connectivity index is 1.70. The van der Waals surface area contributed by atoms with Gasteiger partial charge >= 0.3 is 0 Å². The lowest BCUT2D eigenvalue weighted by Gasteiger charge is -2.12. The molecule has 29 heavy (non-hydrogen) atoms. The van der Waals surface area contributed by atoms with Crippen molar-refractivity contribution in [1.29, 1.82) is 0 Å². The van der Waals surface area contributed by atoms with Crippen LogP contribution in [-0.2, 0) is 22.7 Å². The predicted octanol–water partition coefficient (Wildman–Crippen LogP) is 4.11. The number of hydrogen-bond acceptors (Lipinski definition) is 6. The van der Waals surface area contributed by atoms with E-state index < -0.39 is 15.7 Å². The zero-order valence-corrected chi connectivity index (χ0v) is 17.4. The summed E-state index contributed by atoms with van der Waals surface area (Å²) >= 11 is 1.41. The van der Waals surface area contributed by atoms with Crippen molar-refractivity contribution in [2.75, 3.05) is 11.6 Å². The lowest BCUT2D eigenvalue weighted by molar-refractivity contribution is 0.0992. The van der Waals surface area contributed by atoms with Crippen LogP contribution in [-0.4, -0.2) is 26.4 Å². The summed E-state index contributed by atoms with van der Waals surface area (Å²) in [5, 5.41) is 2.98. The Bertz CT molecular complexity index is 1190. The number of ketones is 1. The van der Waals surface area contributed by atoms with Crippen molar-refractivity contribution < 1.29 is 22.4 Å². The van der Waals surface area contributed by atoms with Crippen LogP contribution in [0.3, 0.4) is 0 Å². The topological polar surface area (TPSA) is 93.5 Å². The van der Waals surface area contributed by atoms with Gasteiger partial charge in [-0.05, 0) is 43.4 Å². The van der Waals surface area contributed by atoms with E-state index in [1.54, 1.807) is 24.3 Å². The third-order valence-corrected chi connectivity index (χ3v) is 6.99. The number of nitrogens with one attached hydrogen (secondary N) is 1. The van der Waals surface area contributed by atoms with E-state index in [1.165, 1.54) is 23.5 Å². The average Bonchev–Trinajstić information content (AvgIpc) is 3.33. The molecule has 0 unspecified atom stereocenters. The molecule has 0 atom stereocenters. The summed E-state index contributed by atoms with van der Waals surface area (Å²) in [6.07, 6.45) is 4.74. The minimum absolute atomic E-state index is 0.116. The van der Waals surface area contributed by atoms with Gasteiger partial charge in [-0.1, -0.05) is 30.3 Å². The molecule has 4 rings (SSSR count). The van der Waals surface area contributed by atoms with Gasteiger partial charge in [0.1, 0.15) is 5.00 Å². The summed E-state index contributed by atoms with van der Waals surface area (Å²) in [7, 11) is -3.55. The highest BCUT2D eigenvalue weighted by Gasteiger charge is 2.28. The maximum atomic E-state index is 13.2. The molecule has 0 radical (unpaired) electrons. The van der Waals surface area contributed by atoms with E-state index in [0.29, 0.717) is 16.1 Å². The lowest BCUT2D eigenvalue weighted by atomic mass is 9.92. The predicted molar refractivity (Wildman–Crippen MR) is 111 cm³/mol. The van der Waals surface area contributed by atoms with E-state index in [-0.39, 0.29) is 16.6 Å². The highest BCUT2D eigenvalue weighted by molar-refractivity contribution is 7.90. The molecule has 2 aromatic heterocycles. The van der Waals surface area contributed by atoms with Gasteiger partial charge in [0.25, 0.3) is 5.91 Å². The quantitative estimate of drug-likeness (QED) is 0.616. The molecule has 3 aromatic rings. The Hall–Kier alpha value is -2.71. The van der Waals surface area contributed by atoms with Crippen molar-refractivity contribution in [1.82, 2.24) is 0 Å². The number of thiophene rings is 1. The summed E-state index contributed by atoms with van der Waals surface area (Å²) in [4.78, 5) is 27.0. The molecule has 2 heterocycles. The summed E-state index contributed by atoms with van der Waals surface area (Å²) < 4.78 is 28.4. The van der Waals surface area contributed by atoms with Crippen molar-refractivity contribution in [3.05, 3.63) is 69.8 Å². The lowest BCUT2D eigenvalue weighted by Crippen LogP contribution is -2.14. The highest BCUT2D eigenvalue weighted by atomic mass is 32.2. The maximum Gasteiger partial charge on any atom is 0.292 e. The molecule has 0 spiro atoms. The highest BCUT2D eigenvalue weighted by Crippen LogP contribution is 2.39. The van der Waals surface area contributed by atoms with Crippen molar-refractivity contribution in [2.45, 2.75) is 30.8 Å². The van der Waals surface area contributed by atoms with Crippen LogP contribution in [0.15, 0.2) is 52.0 Å². The Morgan fingerprint density at radius 1 is 1.03 bits per heavy atom. The normalized spacial score (nSPS) is 13.7. The molecule has 1 aliphatic rings. The first kappa shape index (κ1) is 19.6. The smallest absolute Gasteiger partial charge is 0.292 e. The van der Waals surface area contributed by atoms with E-state index in [2.05, 4.69) is 5.32 Å². The van der Waals surface area contributed by atoms with Crippen LogP contribution in [0.1, 0.15) is 49.8 Å². The van der Waals surface area contributed by atoms with E-state index in [4.69, 9.17) is 4.42 Å². The fourth-order valence-corrected chi connectivity index (χ4v) is 5.27. The van der Waals surface area contributed by atoms with E-state index in [9.17, 15) is 18.0 Å². The van der Waals surface area contributed by atoms with Crippen LogP contribution < -0.4 is 5.32 Å². The molecule has 0 saturated heterocycles. The molecule has 1 aromatic carbocycles.